The minimum absolute atomic E-state index is 0.133. The van der Waals surface area contributed by atoms with Crippen LogP contribution in [0.25, 0.3) is 0 Å². The number of rotatable bonds is 3. The molecule has 2 rings (SSSR count). The molecule has 5 heteroatoms. The largest absolute Gasteiger partial charge is 0.349 e. The molecule has 1 fully saturated rings. The molecule has 20 heavy (non-hydrogen) atoms. The molecule has 0 atom stereocenters. The molecule has 1 heterocycles. The minimum Gasteiger partial charge on any atom is -0.349 e. The van der Waals surface area contributed by atoms with Crippen LogP contribution >= 0.6 is 0 Å². The Kier molecular flexibility index (Phi) is 3.23. The van der Waals surface area contributed by atoms with E-state index in [9.17, 15) is 4.79 Å². The number of carbonyl (C=O) groups excluding carboxylic acids is 1. The Morgan fingerprint density at radius 3 is 2.20 bits per heavy atom. The Morgan fingerprint density at radius 2 is 1.80 bits per heavy atom. The van der Waals surface area contributed by atoms with Gasteiger partial charge in [0.2, 0.25) is 5.82 Å². The topological polar surface area (TPSA) is 70.7 Å². The molecule has 0 bridgehead atoms. The second kappa shape index (κ2) is 4.30. The molecule has 0 saturated heterocycles. The van der Waals surface area contributed by atoms with Crippen molar-refractivity contribution >= 4 is 5.91 Å². The Balaban J connectivity index is 1.96. The lowest BCUT2D eigenvalue weighted by Crippen LogP contribution is -2.28. The minimum atomic E-state index is -0.199. The number of nitrogens with zero attached hydrogens (tertiary/aromatic N) is 2. The van der Waals surface area contributed by atoms with Gasteiger partial charge in [0.1, 0.15) is 5.82 Å². The highest BCUT2D eigenvalue weighted by molar-refractivity contribution is 5.90. The van der Waals surface area contributed by atoms with Crippen molar-refractivity contribution < 1.29 is 4.79 Å². The molecule has 0 aliphatic heterocycles. The Bertz CT molecular complexity index is 508. The first-order chi connectivity index (χ1) is 8.98. The van der Waals surface area contributed by atoms with Crippen LogP contribution in [0.15, 0.2) is 0 Å². The first-order valence-corrected chi connectivity index (χ1v) is 7.19. The van der Waals surface area contributed by atoms with Crippen molar-refractivity contribution in [1.29, 1.82) is 0 Å². The summed E-state index contributed by atoms with van der Waals surface area (Å²) in [6.45, 7) is 15.8. The van der Waals surface area contributed by atoms with Crippen LogP contribution in [-0.2, 0) is 5.41 Å². The SMILES string of the molecule is CC(C)(C)c1nc(C(=O)NCC2C(C)(C)C2(C)C)n[nH]1. The average Bonchev–Trinajstić information content (AvgIpc) is 2.72. The van der Waals surface area contributed by atoms with Gasteiger partial charge in [-0.05, 0) is 16.7 Å². The van der Waals surface area contributed by atoms with E-state index in [1.54, 1.807) is 0 Å². The van der Waals surface area contributed by atoms with E-state index < -0.39 is 0 Å². The number of H-pyrrole nitrogens is 1. The predicted octanol–water partition coefficient (Wildman–Crippen LogP) is 2.51. The fraction of sp³-hybridized carbons (Fsp3) is 0.800. The molecule has 2 N–H and O–H groups in total. The van der Waals surface area contributed by atoms with Gasteiger partial charge in [-0.3, -0.25) is 9.89 Å². The van der Waals surface area contributed by atoms with Gasteiger partial charge >= 0.3 is 0 Å². The first-order valence-electron chi connectivity index (χ1n) is 7.19. The molecule has 0 unspecified atom stereocenters. The van der Waals surface area contributed by atoms with E-state index in [-0.39, 0.29) is 28.0 Å². The van der Waals surface area contributed by atoms with Crippen LogP contribution in [0.5, 0.6) is 0 Å². The highest BCUT2D eigenvalue weighted by Crippen LogP contribution is 2.67. The summed E-state index contributed by atoms with van der Waals surface area (Å²) in [4.78, 5) is 16.4. The van der Waals surface area contributed by atoms with Gasteiger partial charge in [0, 0.05) is 12.0 Å². The van der Waals surface area contributed by atoms with Gasteiger partial charge in [0.25, 0.3) is 5.91 Å². The zero-order chi connectivity index (χ0) is 15.3. The maximum absolute atomic E-state index is 12.1. The molecule has 112 valence electrons. The molecule has 0 spiro atoms. The highest BCUT2D eigenvalue weighted by Gasteiger charge is 2.64. The van der Waals surface area contributed by atoms with Gasteiger partial charge in [-0.25, -0.2) is 4.98 Å². The summed E-state index contributed by atoms with van der Waals surface area (Å²) in [6, 6.07) is 0. The van der Waals surface area contributed by atoms with Crippen LogP contribution < -0.4 is 5.32 Å². The number of hydrogen-bond donors (Lipinski definition) is 2. The van der Waals surface area contributed by atoms with Crippen LogP contribution in [0, 0.1) is 16.7 Å². The molecule has 5 nitrogen and oxygen atoms in total. The lowest BCUT2D eigenvalue weighted by molar-refractivity contribution is 0.0940. The maximum Gasteiger partial charge on any atom is 0.290 e. The van der Waals surface area contributed by atoms with Crippen LogP contribution in [0.1, 0.15) is 64.9 Å². The fourth-order valence-corrected chi connectivity index (χ4v) is 2.82. The van der Waals surface area contributed by atoms with Gasteiger partial charge < -0.3 is 5.32 Å². The van der Waals surface area contributed by atoms with Crippen molar-refractivity contribution in [2.24, 2.45) is 16.7 Å². The lowest BCUT2D eigenvalue weighted by Gasteiger charge is -2.12. The predicted molar refractivity (Wildman–Crippen MR) is 78.5 cm³/mol. The molecule has 0 radical (unpaired) electrons. The van der Waals surface area contributed by atoms with Crippen LogP contribution in [-0.4, -0.2) is 27.6 Å². The van der Waals surface area contributed by atoms with E-state index in [1.807, 2.05) is 20.8 Å². The van der Waals surface area contributed by atoms with E-state index in [0.29, 0.717) is 12.5 Å². The standard InChI is InChI=1S/C15H26N4O/c1-13(2,3)12-17-10(18-19-12)11(20)16-8-9-14(4,5)15(9,6)7/h9H,8H2,1-7H3,(H,16,20)(H,17,18,19). The molecule has 0 aromatic carbocycles. The van der Waals surface area contributed by atoms with E-state index in [0.717, 1.165) is 5.82 Å². The number of aromatic amines is 1. The van der Waals surface area contributed by atoms with Crippen molar-refractivity contribution in [3.05, 3.63) is 11.6 Å². The summed E-state index contributed by atoms with van der Waals surface area (Å²) in [5.74, 6) is 1.26. The van der Waals surface area contributed by atoms with Crippen LogP contribution in [0.3, 0.4) is 0 Å². The van der Waals surface area contributed by atoms with E-state index >= 15 is 0 Å². The van der Waals surface area contributed by atoms with E-state index in [4.69, 9.17) is 0 Å². The Labute approximate surface area is 120 Å². The van der Waals surface area contributed by atoms with Crippen molar-refractivity contribution in [2.75, 3.05) is 6.54 Å². The van der Waals surface area contributed by atoms with Gasteiger partial charge in [-0.1, -0.05) is 48.5 Å². The highest BCUT2D eigenvalue weighted by atomic mass is 16.2. The number of nitrogens with one attached hydrogen (secondary N) is 2. The summed E-state index contributed by atoms with van der Waals surface area (Å²) in [7, 11) is 0. The third kappa shape index (κ3) is 2.34. The molecule has 1 aromatic rings. The molecule has 1 saturated carbocycles. The van der Waals surface area contributed by atoms with Crippen LogP contribution in [0.2, 0.25) is 0 Å². The second-order valence-electron chi connectivity index (χ2n) is 7.96. The third-order valence-corrected chi connectivity index (χ3v) is 5.19. The van der Waals surface area contributed by atoms with E-state index in [1.165, 1.54) is 0 Å². The van der Waals surface area contributed by atoms with Gasteiger partial charge in [0.05, 0.1) is 0 Å². The fourth-order valence-electron chi connectivity index (χ4n) is 2.82. The van der Waals surface area contributed by atoms with Crippen molar-refractivity contribution in [2.45, 2.75) is 53.9 Å². The number of carbonyl (C=O) groups is 1. The Morgan fingerprint density at radius 1 is 1.25 bits per heavy atom. The summed E-state index contributed by atoms with van der Waals surface area (Å²) in [5.41, 5.74) is 0.414. The summed E-state index contributed by atoms with van der Waals surface area (Å²) in [6.07, 6.45) is 0. The second-order valence-corrected chi connectivity index (χ2v) is 7.96. The van der Waals surface area contributed by atoms with Gasteiger partial charge in [-0.2, -0.15) is 0 Å². The van der Waals surface area contributed by atoms with Gasteiger partial charge in [-0.15, -0.1) is 5.10 Å². The summed E-state index contributed by atoms with van der Waals surface area (Å²) in [5, 5.41) is 9.80. The normalized spacial score (nSPS) is 20.8. The molecular weight excluding hydrogens is 252 g/mol. The molecule has 1 aliphatic rings. The van der Waals surface area contributed by atoms with Crippen molar-refractivity contribution in [3.63, 3.8) is 0 Å². The van der Waals surface area contributed by atoms with Crippen LogP contribution in [0.4, 0.5) is 0 Å². The van der Waals surface area contributed by atoms with Gasteiger partial charge in [0.15, 0.2) is 0 Å². The smallest absolute Gasteiger partial charge is 0.290 e. The number of hydrogen-bond acceptors (Lipinski definition) is 3. The average molecular weight is 278 g/mol. The molecule has 1 aliphatic carbocycles. The first kappa shape index (κ1) is 15.0. The van der Waals surface area contributed by atoms with Crippen molar-refractivity contribution in [1.82, 2.24) is 20.5 Å². The number of amides is 1. The Hall–Kier alpha value is -1.39. The summed E-state index contributed by atoms with van der Waals surface area (Å²) >= 11 is 0. The zero-order valence-electron chi connectivity index (χ0n) is 13.6. The third-order valence-electron chi connectivity index (χ3n) is 5.19. The maximum atomic E-state index is 12.1. The zero-order valence-corrected chi connectivity index (χ0v) is 13.6. The molecular formula is C15H26N4O. The molecule has 1 amide bonds. The van der Waals surface area contributed by atoms with E-state index in [2.05, 4.69) is 48.2 Å². The lowest BCUT2D eigenvalue weighted by atomic mass is 9.96. The van der Waals surface area contributed by atoms with Crippen molar-refractivity contribution in [3.8, 4) is 0 Å². The summed E-state index contributed by atoms with van der Waals surface area (Å²) < 4.78 is 0. The monoisotopic (exact) mass is 278 g/mol. The number of aromatic nitrogens is 3. The quantitative estimate of drug-likeness (QED) is 0.892. The molecule has 1 aromatic heterocycles.